The van der Waals surface area contributed by atoms with E-state index in [1.807, 2.05) is 0 Å². The van der Waals surface area contributed by atoms with Crippen molar-refractivity contribution in [2.24, 2.45) is 0 Å². The second kappa shape index (κ2) is 8.47. The molecule has 1 aromatic heterocycles. The fraction of sp³-hybridized carbons (Fsp3) is 0.526. The highest BCUT2D eigenvalue weighted by Gasteiger charge is 2.15. The van der Waals surface area contributed by atoms with Crippen LogP contribution in [0.3, 0.4) is 0 Å². The minimum atomic E-state index is -0.385. The Kier molecular flexibility index (Phi) is 6.07. The Hall–Kier alpha value is -1.89. The maximum atomic E-state index is 11.8. The highest BCUT2D eigenvalue weighted by Crippen LogP contribution is 2.26. The number of aryl methyl sites for hydroxylation is 1. The Morgan fingerprint density at radius 3 is 3.08 bits per heavy atom. The van der Waals surface area contributed by atoms with Gasteiger partial charge in [0.05, 0.1) is 25.9 Å². The van der Waals surface area contributed by atoms with Gasteiger partial charge in [-0.05, 0) is 31.9 Å². The third kappa shape index (κ3) is 4.60. The number of phenolic OH excluding ortho intramolecular Hbond substituents is 1. The van der Waals surface area contributed by atoms with Crippen LogP contribution < -0.4 is 10.9 Å². The molecule has 0 aliphatic carbocycles. The van der Waals surface area contributed by atoms with Gasteiger partial charge in [0.15, 0.2) is 0 Å². The van der Waals surface area contributed by atoms with Crippen LogP contribution in [-0.4, -0.2) is 37.6 Å². The van der Waals surface area contributed by atoms with Gasteiger partial charge in [0.25, 0.3) is 0 Å². The first-order valence-corrected chi connectivity index (χ1v) is 8.91. The molecular weight excluding hydrogens is 322 g/mol. The van der Waals surface area contributed by atoms with Crippen LogP contribution >= 0.6 is 0 Å². The summed E-state index contributed by atoms with van der Waals surface area (Å²) in [6, 6.07) is 4.97. The molecule has 2 heterocycles. The SMILES string of the molecule is Cc1c(O)ccc2c(C[NH2+]CCCOC[C@H]3CCCO3)cc(=O)oc12. The van der Waals surface area contributed by atoms with E-state index in [2.05, 4.69) is 5.32 Å². The molecule has 0 unspecified atom stereocenters. The molecule has 1 saturated heterocycles. The van der Waals surface area contributed by atoms with Crippen LogP contribution in [0.2, 0.25) is 0 Å². The smallest absolute Gasteiger partial charge is 0.336 e. The average Bonchev–Trinajstić information content (AvgIpc) is 3.11. The van der Waals surface area contributed by atoms with Crippen molar-refractivity contribution in [1.82, 2.24) is 0 Å². The van der Waals surface area contributed by atoms with E-state index in [1.54, 1.807) is 19.1 Å². The zero-order valence-electron chi connectivity index (χ0n) is 14.6. The van der Waals surface area contributed by atoms with Crippen molar-refractivity contribution in [2.45, 2.75) is 38.8 Å². The number of nitrogens with two attached hydrogens (primary N) is 1. The number of aromatic hydroxyl groups is 1. The molecule has 0 spiro atoms. The Labute approximate surface area is 146 Å². The zero-order chi connectivity index (χ0) is 17.6. The molecule has 136 valence electrons. The van der Waals surface area contributed by atoms with Crippen LogP contribution in [0.4, 0.5) is 0 Å². The second-order valence-corrected chi connectivity index (χ2v) is 6.52. The molecule has 0 radical (unpaired) electrons. The molecule has 2 aromatic rings. The molecule has 1 atom stereocenters. The lowest BCUT2D eigenvalue weighted by Gasteiger charge is -2.10. The van der Waals surface area contributed by atoms with Crippen molar-refractivity contribution in [3.05, 3.63) is 39.7 Å². The Balaban J connectivity index is 1.48. The van der Waals surface area contributed by atoms with Crippen LogP contribution in [0.15, 0.2) is 27.4 Å². The fourth-order valence-electron chi connectivity index (χ4n) is 3.16. The molecule has 1 aliphatic rings. The number of phenols is 1. The van der Waals surface area contributed by atoms with Crippen LogP contribution in [0.5, 0.6) is 5.75 Å². The van der Waals surface area contributed by atoms with Gasteiger partial charge in [0, 0.05) is 35.6 Å². The van der Waals surface area contributed by atoms with Crippen LogP contribution in [0.25, 0.3) is 11.0 Å². The third-order valence-electron chi connectivity index (χ3n) is 4.61. The molecule has 1 fully saturated rings. The maximum absolute atomic E-state index is 11.8. The van der Waals surface area contributed by atoms with Crippen molar-refractivity contribution >= 4 is 11.0 Å². The summed E-state index contributed by atoms with van der Waals surface area (Å²) >= 11 is 0. The van der Waals surface area contributed by atoms with Crippen molar-refractivity contribution in [3.8, 4) is 5.75 Å². The van der Waals surface area contributed by atoms with Gasteiger partial charge in [-0.15, -0.1) is 0 Å². The lowest BCUT2D eigenvalue weighted by Crippen LogP contribution is -2.82. The molecule has 25 heavy (non-hydrogen) atoms. The summed E-state index contributed by atoms with van der Waals surface area (Å²) in [6.45, 7) is 5.63. The predicted octanol–water partition coefficient (Wildman–Crippen LogP) is 1.46. The standard InChI is InChI=1S/C19H25NO5/c1-13-17(21)6-5-16-14(10-18(22)25-19(13)16)11-20-7-3-8-23-12-15-4-2-9-24-15/h5-6,10,15,20-21H,2-4,7-9,11-12H2,1H3/p+1/t15-/m1/s1. The van der Waals surface area contributed by atoms with Gasteiger partial charge in [-0.2, -0.15) is 0 Å². The van der Waals surface area contributed by atoms with Crippen molar-refractivity contribution in [2.75, 3.05) is 26.4 Å². The van der Waals surface area contributed by atoms with Gasteiger partial charge in [0.1, 0.15) is 17.9 Å². The van der Waals surface area contributed by atoms with E-state index in [4.69, 9.17) is 13.9 Å². The first-order chi connectivity index (χ1) is 12.1. The molecule has 0 saturated carbocycles. The average molecular weight is 348 g/mol. The molecule has 0 bridgehead atoms. The van der Waals surface area contributed by atoms with Crippen molar-refractivity contribution < 1.29 is 24.3 Å². The molecule has 3 rings (SSSR count). The zero-order valence-corrected chi connectivity index (χ0v) is 14.6. The summed E-state index contributed by atoms with van der Waals surface area (Å²) in [5, 5.41) is 12.8. The number of benzene rings is 1. The number of rotatable bonds is 8. The number of ether oxygens (including phenoxy) is 2. The Morgan fingerprint density at radius 2 is 2.28 bits per heavy atom. The summed E-state index contributed by atoms with van der Waals surface area (Å²) in [7, 11) is 0. The topological polar surface area (TPSA) is 85.5 Å². The van der Waals surface area contributed by atoms with Crippen LogP contribution in [0, 0.1) is 6.92 Å². The fourth-order valence-corrected chi connectivity index (χ4v) is 3.16. The first kappa shape index (κ1) is 17.9. The van der Waals surface area contributed by atoms with E-state index in [9.17, 15) is 9.90 Å². The second-order valence-electron chi connectivity index (χ2n) is 6.52. The summed E-state index contributed by atoms with van der Waals surface area (Å²) in [6.07, 6.45) is 3.47. The van der Waals surface area contributed by atoms with Crippen LogP contribution in [0.1, 0.15) is 30.4 Å². The van der Waals surface area contributed by atoms with Crippen molar-refractivity contribution in [1.29, 1.82) is 0 Å². The highest BCUT2D eigenvalue weighted by atomic mass is 16.5. The minimum absolute atomic E-state index is 0.139. The van der Waals surface area contributed by atoms with Gasteiger partial charge in [-0.1, -0.05) is 0 Å². The normalized spacial score (nSPS) is 17.4. The summed E-state index contributed by atoms with van der Waals surface area (Å²) in [5.74, 6) is 0.139. The Morgan fingerprint density at radius 1 is 1.40 bits per heavy atom. The number of hydrogen-bond acceptors (Lipinski definition) is 5. The van der Waals surface area contributed by atoms with E-state index in [0.717, 1.165) is 50.0 Å². The highest BCUT2D eigenvalue weighted by molar-refractivity contribution is 5.84. The van der Waals surface area contributed by atoms with Gasteiger partial charge >= 0.3 is 5.63 Å². The lowest BCUT2D eigenvalue weighted by molar-refractivity contribution is -0.670. The van der Waals surface area contributed by atoms with Gasteiger partial charge < -0.3 is 24.3 Å². The van der Waals surface area contributed by atoms with Crippen LogP contribution in [-0.2, 0) is 16.0 Å². The number of quaternary nitrogens is 1. The molecule has 1 aromatic carbocycles. The largest absolute Gasteiger partial charge is 0.508 e. The van der Waals surface area contributed by atoms with E-state index in [0.29, 0.717) is 24.3 Å². The molecule has 0 amide bonds. The quantitative estimate of drug-likeness (QED) is 0.557. The molecule has 6 heteroatoms. The summed E-state index contributed by atoms with van der Waals surface area (Å²) in [4.78, 5) is 11.8. The van der Waals surface area contributed by atoms with Gasteiger partial charge in [-0.25, -0.2) is 4.79 Å². The Bertz CT molecular complexity index is 764. The van der Waals surface area contributed by atoms with Gasteiger partial charge in [-0.3, -0.25) is 0 Å². The van der Waals surface area contributed by atoms with E-state index in [1.165, 1.54) is 6.07 Å². The molecular formula is C19H26NO5+. The van der Waals surface area contributed by atoms with Gasteiger partial charge in [0.2, 0.25) is 0 Å². The lowest BCUT2D eigenvalue weighted by atomic mass is 10.1. The van der Waals surface area contributed by atoms with E-state index in [-0.39, 0.29) is 17.5 Å². The molecule has 3 N–H and O–H groups in total. The molecule has 6 nitrogen and oxygen atoms in total. The third-order valence-corrected chi connectivity index (χ3v) is 4.61. The van der Waals surface area contributed by atoms with E-state index >= 15 is 0 Å². The minimum Gasteiger partial charge on any atom is -0.508 e. The van der Waals surface area contributed by atoms with E-state index < -0.39 is 0 Å². The first-order valence-electron chi connectivity index (χ1n) is 8.91. The summed E-state index contributed by atoms with van der Waals surface area (Å²) < 4.78 is 16.4. The molecule has 1 aliphatic heterocycles. The van der Waals surface area contributed by atoms with Crippen molar-refractivity contribution in [3.63, 3.8) is 0 Å². The number of hydrogen-bond donors (Lipinski definition) is 2. The number of fused-ring (bicyclic) bond motifs is 1. The monoisotopic (exact) mass is 348 g/mol. The predicted molar refractivity (Wildman–Crippen MR) is 93.8 cm³/mol. The summed E-state index contributed by atoms with van der Waals surface area (Å²) in [5.41, 5.74) is 1.61. The maximum Gasteiger partial charge on any atom is 0.336 e.